The van der Waals surface area contributed by atoms with E-state index in [-0.39, 0.29) is 23.0 Å². The van der Waals surface area contributed by atoms with Crippen LogP contribution in [0.3, 0.4) is 0 Å². The maximum Gasteiger partial charge on any atom is 0.478 e. The van der Waals surface area contributed by atoms with Gasteiger partial charge in [-0.15, -0.1) is 11.3 Å². The van der Waals surface area contributed by atoms with Gasteiger partial charge in [0, 0.05) is 5.38 Å². The summed E-state index contributed by atoms with van der Waals surface area (Å²) in [5.74, 6) is -2.31. The quantitative estimate of drug-likeness (QED) is 0.294. The van der Waals surface area contributed by atoms with Crippen LogP contribution in [0.25, 0.3) is 0 Å². The first-order valence-corrected chi connectivity index (χ1v) is 7.97. The van der Waals surface area contributed by atoms with Crippen LogP contribution in [0.2, 0.25) is 0 Å². The molecule has 1 saturated heterocycles. The molecule has 10 nitrogen and oxygen atoms in total. The number of amides is 1. The second-order valence-corrected chi connectivity index (χ2v) is 5.99. The van der Waals surface area contributed by atoms with Crippen LogP contribution < -0.4 is 11.1 Å². The van der Waals surface area contributed by atoms with Gasteiger partial charge >= 0.3 is 13.1 Å². The molecule has 0 aromatic carbocycles. The van der Waals surface area contributed by atoms with Crippen LogP contribution in [0.5, 0.6) is 0 Å². The van der Waals surface area contributed by atoms with Gasteiger partial charge < -0.3 is 30.7 Å². The van der Waals surface area contributed by atoms with E-state index in [9.17, 15) is 14.6 Å². The molecule has 2 atom stereocenters. The number of nitrogen functional groups attached to an aromatic ring is 1. The standard InChI is InChI=1S/C12H17BN4O6S/c1-22-17-10(7-5-24-12(14)15-7)11(20)16-8-3-2-6(4-9(18)19)23-13(8)21/h5-6,8,21H,2-4H2,1H3,(H2,14,15)(H,16,20)(H,18,19)/b17-10-. The summed E-state index contributed by atoms with van der Waals surface area (Å²) in [7, 11) is -0.0192. The predicted octanol–water partition coefficient (Wildman–Crippen LogP) is -0.766. The number of aromatic nitrogens is 1. The normalized spacial score (nSPS) is 21.4. The third-order valence-electron chi connectivity index (χ3n) is 3.36. The summed E-state index contributed by atoms with van der Waals surface area (Å²) < 4.78 is 5.22. The number of carboxylic acid groups (broad SMARTS) is 1. The van der Waals surface area contributed by atoms with Crippen LogP contribution in [0, 0.1) is 0 Å². The summed E-state index contributed by atoms with van der Waals surface area (Å²) in [4.78, 5) is 31.7. The number of aliphatic carboxylic acids is 1. The van der Waals surface area contributed by atoms with Crippen LogP contribution in [-0.4, -0.2) is 59.0 Å². The van der Waals surface area contributed by atoms with Crippen LogP contribution in [0.4, 0.5) is 5.13 Å². The molecule has 0 spiro atoms. The van der Waals surface area contributed by atoms with E-state index < -0.39 is 31.0 Å². The Kier molecular flexibility index (Phi) is 6.12. The van der Waals surface area contributed by atoms with Crippen molar-refractivity contribution >= 4 is 41.2 Å². The summed E-state index contributed by atoms with van der Waals surface area (Å²) in [6.07, 6.45) is -0.0262. The minimum absolute atomic E-state index is 0.0784. The van der Waals surface area contributed by atoms with Crippen molar-refractivity contribution in [3.8, 4) is 0 Å². The van der Waals surface area contributed by atoms with Crippen molar-refractivity contribution in [1.82, 2.24) is 10.3 Å². The molecule has 0 aliphatic carbocycles. The van der Waals surface area contributed by atoms with Crippen molar-refractivity contribution in [2.75, 3.05) is 12.8 Å². The molecular weight excluding hydrogens is 339 g/mol. The lowest BCUT2D eigenvalue weighted by atomic mass is 9.72. The number of nitrogens with zero attached hydrogens (tertiary/aromatic N) is 2. The van der Waals surface area contributed by atoms with E-state index >= 15 is 0 Å². The van der Waals surface area contributed by atoms with Gasteiger partial charge in [-0.25, -0.2) is 4.98 Å². The molecule has 1 aliphatic rings. The Morgan fingerprint density at radius 3 is 2.92 bits per heavy atom. The molecule has 1 aromatic rings. The third kappa shape index (κ3) is 4.66. The van der Waals surface area contributed by atoms with E-state index in [1.807, 2.05) is 0 Å². The van der Waals surface area contributed by atoms with Crippen LogP contribution in [0.1, 0.15) is 25.0 Å². The van der Waals surface area contributed by atoms with Gasteiger partial charge in [-0.2, -0.15) is 0 Å². The Morgan fingerprint density at radius 1 is 1.62 bits per heavy atom. The number of carbonyl (C=O) groups is 2. The highest BCUT2D eigenvalue weighted by Gasteiger charge is 2.37. The molecule has 24 heavy (non-hydrogen) atoms. The number of anilines is 1. The Morgan fingerprint density at radius 2 is 2.38 bits per heavy atom. The van der Waals surface area contributed by atoms with Crippen molar-refractivity contribution in [2.45, 2.75) is 31.3 Å². The molecule has 0 saturated carbocycles. The van der Waals surface area contributed by atoms with Crippen LogP contribution in [-0.2, 0) is 19.1 Å². The average Bonchev–Trinajstić information content (AvgIpc) is 2.93. The molecule has 1 amide bonds. The number of hydrogen-bond acceptors (Lipinski definition) is 9. The molecule has 0 radical (unpaired) electrons. The maximum absolute atomic E-state index is 12.4. The molecule has 1 aromatic heterocycles. The maximum atomic E-state index is 12.4. The van der Waals surface area contributed by atoms with Crippen molar-refractivity contribution in [2.24, 2.45) is 5.16 Å². The number of hydrogen-bond donors (Lipinski definition) is 4. The highest BCUT2D eigenvalue weighted by molar-refractivity contribution is 7.13. The number of oxime groups is 1. The van der Waals surface area contributed by atoms with Gasteiger partial charge in [0.1, 0.15) is 12.8 Å². The number of nitrogens with two attached hydrogens (primary N) is 1. The van der Waals surface area contributed by atoms with Crippen LogP contribution in [0.15, 0.2) is 10.5 Å². The van der Waals surface area contributed by atoms with E-state index in [1.54, 1.807) is 5.38 Å². The summed E-state index contributed by atoms with van der Waals surface area (Å²) in [6.45, 7) is 0. The fraction of sp³-hybridized carbons (Fsp3) is 0.500. The van der Waals surface area contributed by atoms with E-state index in [1.165, 1.54) is 7.11 Å². The number of nitrogens with one attached hydrogen (secondary N) is 1. The van der Waals surface area contributed by atoms with Gasteiger partial charge in [-0.05, 0) is 12.8 Å². The van der Waals surface area contributed by atoms with Crippen molar-refractivity contribution in [3.63, 3.8) is 0 Å². The first-order chi connectivity index (χ1) is 11.4. The first-order valence-electron chi connectivity index (χ1n) is 7.09. The molecule has 130 valence electrons. The SMILES string of the molecule is CO/N=C(\C(=O)NC1CCC(CC(=O)O)OB1O)c1csc(N)n1. The van der Waals surface area contributed by atoms with Gasteiger partial charge in [-0.1, -0.05) is 5.16 Å². The lowest BCUT2D eigenvalue weighted by molar-refractivity contribution is -0.139. The van der Waals surface area contributed by atoms with Crippen molar-refractivity contribution < 1.29 is 29.2 Å². The monoisotopic (exact) mass is 356 g/mol. The molecule has 2 heterocycles. The number of carboxylic acids is 1. The zero-order chi connectivity index (χ0) is 17.7. The van der Waals surface area contributed by atoms with Gasteiger partial charge in [-0.3, -0.25) is 9.59 Å². The zero-order valence-corrected chi connectivity index (χ0v) is 13.7. The van der Waals surface area contributed by atoms with Gasteiger partial charge in [0.15, 0.2) is 10.8 Å². The fourth-order valence-corrected chi connectivity index (χ4v) is 2.83. The molecule has 12 heteroatoms. The van der Waals surface area contributed by atoms with E-state index in [0.717, 1.165) is 11.3 Å². The summed E-state index contributed by atoms with van der Waals surface area (Å²) in [5, 5.41) is 26.8. The summed E-state index contributed by atoms with van der Waals surface area (Å²) in [5.41, 5.74) is 5.72. The largest absolute Gasteiger partial charge is 0.481 e. The van der Waals surface area contributed by atoms with Gasteiger partial charge in [0.25, 0.3) is 5.91 Å². The second-order valence-electron chi connectivity index (χ2n) is 5.10. The van der Waals surface area contributed by atoms with E-state index in [0.29, 0.717) is 12.8 Å². The third-order valence-corrected chi connectivity index (χ3v) is 4.03. The highest BCUT2D eigenvalue weighted by atomic mass is 32.1. The van der Waals surface area contributed by atoms with Gasteiger partial charge in [0.05, 0.1) is 18.5 Å². The van der Waals surface area contributed by atoms with E-state index in [4.69, 9.17) is 15.5 Å². The lowest BCUT2D eigenvalue weighted by Crippen LogP contribution is -2.54. The molecule has 5 N–H and O–H groups in total. The molecule has 2 rings (SSSR count). The topological polar surface area (TPSA) is 156 Å². The first kappa shape index (κ1) is 18.2. The smallest absolute Gasteiger partial charge is 0.478 e. The summed E-state index contributed by atoms with van der Waals surface area (Å²) >= 11 is 1.15. The minimum Gasteiger partial charge on any atom is -0.481 e. The molecule has 2 unspecified atom stereocenters. The highest BCUT2D eigenvalue weighted by Crippen LogP contribution is 2.19. The van der Waals surface area contributed by atoms with E-state index in [2.05, 4.69) is 20.3 Å². The second kappa shape index (κ2) is 8.08. The van der Waals surface area contributed by atoms with Crippen LogP contribution >= 0.6 is 11.3 Å². The summed E-state index contributed by atoms with van der Waals surface area (Å²) in [6, 6.07) is 0. The molecule has 0 bridgehead atoms. The predicted molar refractivity (Wildman–Crippen MR) is 86.3 cm³/mol. The lowest BCUT2D eigenvalue weighted by Gasteiger charge is -2.30. The minimum atomic E-state index is -1.31. The van der Waals surface area contributed by atoms with Gasteiger partial charge in [0.2, 0.25) is 0 Å². The number of thiazole rings is 1. The van der Waals surface area contributed by atoms with Crippen molar-refractivity contribution in [3.05, 3.63) is 11.1 Å². The Hall–Kier alpha value is -2.18. The number of rotatable bonds is 6. The average molecular weight is 356 g/mol. The Labute approximate surface area is 141 Å². The van der Waals surface area contributed by atoms with Crippen molar-refractivity contribution in [1.29, 1.82) is 0 Å². The fourth-order valence-electron chi connectivity index (χ4n) is 2.29. The molecule has 1 aliphatic heterocycles. The molecular formula is C12H17BN4O6S. The Balaban J connectivity index is 2.00. The Bertz CT molecular complexity index is 639. The number of carbonyl (C=O) groups excluding carboxylic acids is 1. The zero-order valence-electron chi connectivity index (χ0n) is 12.8. The molecule has 1 fully saturated rings.